The molecule has 0 spiro atoms. The van der Waals surface area contributed by atoms with Gasteiger partial charge >= 0.3 is 5.97 Å². The van der Waals surface area contributed by atoms with Gasteiger partial charge in [0, 0.05) is 44.0 Å². The molecule has 1 aromatic carbocycles. The predicted octanol–water partition coefficient (Wildman–Crippen LogP) is 4.24. The first-order valence-corrected chi connectivity index (χ1v) is 12.8. The number of rotatable bonds is 10. The van der Waals surface area contributed by atoms with E-state index in [0.717, 1.165) is 55.0 Å². The number of halogens is 1. The highest BCUT2D eigenvalue weighted by Crippen LogP contribution is 2.33. The Balaban J connectivity index is 1.64. The van der Waals surface area contributed by atoms with Gasteiger partial charge in [0.15, 0.2) is 0 Å². The van der Waals surface area contributed by atoms with Crippen LogP contribution in [0.15, 0.2) is 30.5 Å². The zero-order chi connectivity index (χ0) is 23.8. The number of carbonyl (C=O) groups is 2. The molecule has 9 heteroatoms. The quantitative estimate of drug-likeness (QED) is 0.200. The minimum absolute atomic E-state index is 0.00133. The Bertz CT molecular complexity index is 948. The van der Waals surface area contributed by atoms with Crippen molar-refractivity contribution in [3.63, 3.8) is 0 Å². The van der Waals surface area contributed by atoms with Gasteiger partial charge in [-0.1, -0.05) is 29.5 Å². The number of hydrogen-bond acceptors (Lipinski definition) is 6. The molecule has 0 bridgehead atoms. The third-order valence-corrected chi connectivity index (χ3v) is 7.03. The number of benzene rings is 1. The number of amides is 1. The SMILES string of the molecule is CCCC(=O)Nc1ccc(OCCN2CCC(C(=O)OCC)CC2I)c(-c2ccnn2C)c1. The second kappa shape index (κ2) is 12.4. The van der Waals surface area contributed by atoms with E-state index in [1.54, 1.807) is 10.9 Å². The van der Waals surface area contributed by atoms with Crippen molar-refractivity contribution in [2.45, 2.75) is 43.6 Å². The van der Waals surface area contributed by atoms with Crippen molar-refractivity contribution < 1.29 is 19.1 Å². The lowest BCUT2D eigenvalue weighted by Crippen LogP contribution is -2.43. The molecule has 180 valence electrons. The summed E-state index contributed by atoms with van der Waals surface area (Å²) in [5, 5.41) is 7.24. The fourth-order valence-electron chi connectivity index (χ4n) is 3.98. The molecule has 8 nitrogen and oxygen atoms in total. The third-order valence-electron chi connectivity index (χ3n) is 5.73. The molecule has 2 aromatic rings. The number of nitrogens with one attached hydrogen (secondary N) is 1. The number of ether oxygens (including phenoxy) is 2. The first-order chi connectivity index (χ1) is 15.9. The Hall–Kier alpha value is -2.14. The van der Waals surface area contributed by atoms with Crippen molar-refractivity contribution >= 4 is 40.2 Å². The van der Waals surface area contributed by atoms with E-state index in [1.165, 1.54) is 0 Å². The summed E-state index contributed by atoms with van der Waals surface area (Å²) in [4.78, 5) is 26.4. The van der Waals surface area contributed by atoms with Gasteiger partial charge in [0.25, 0.3) is 0 Å². The van der Waals surface area contributed by atoms with Crippen molar-refractivity contribution in [3.8, 4) is 17.0 Å². The van der Waals surface area contributed by atoms with Gasteiger partial charge in [-0.15, -0.1) is 0 Å². The summed E-state index contributed by atoms with van der Waals surface area (Å²) >= 11 is 2.40. The van der Waals surface area contributed by atoms with Crippen molar-refractivity contribution in [3.05, 3.63) is 30.5 Å². The maximum absolute atomic E-state index is 12.1. The average Bonchev–Trinajstić information content (AvgIpc) is 3.21. The minimum atomic E-state index is -0.0815. The van der Waals surface area contributed by atoms with Crippen molar-refractivity contribution in [2.24, 2.45) is 13.0 Å². The molecule has 0 saturated carbocycles. The zero-order valence-corrected chi connectivity index (χ0v) is 21.7. The van der Waals surface area contributed by atoms with E-state index in [-0.39, 0.29) is 21.8 Å². The number of anilines is 1. The second-order valence-electron chi connectivity index (χ2n) is 8.14. The van der Waals surface area contributed by atoms with Crippen molar-refractivity contribution in [1.82, 2.24) is 14.7 Å². The Morgan fingerprint density at radius 2 is 2.09 bits per heavy atom. The smallest absolute Gasteiger partial charge is 0.309 e. The van der Waals surface area contributed by atoms with Crippen LogP contribution in [-0.4, -0.2) is 56.9 Å². The number of alkyl halides is 1. The Kier molecular flexibility index (Phi) is 9.54. The molecular formula is C24H33IN4O4. The van der Waals surface area contributed by atoms with E-state index in [9.17, 15) is 9.59 Å². The molecule has 1 aliphatic rings. The van der Waals surface area contributed by atoms with Gasteiger partial charge in [-0.05, 0) is 50.5 Å². The van der Waals surface area contributed by atoms with Crippen LogP contribution >= 0.6 is 22.6 Å². The first-order valence-electron chi connectivity index (χ1n) is 11.5. The molecule has 1 fully saturated rings. The van der Waals surface area contributed by atoms with Gasteiger partial charge in [-0.2, -0.15) is 5.10 Å². The molecule has 1 aliphatic heterocycles. The van der Waals surface area contributed by atoms with Crippen LogP contribution in [0.2, 0.25) is 0 Å². The summed E-state index contributed by atoms with van der Waals surface area (Å²) in [6, 6.07) is 7.64. The van der Waals surface area contributed by atoms with Crippen LogP contribution in [0.25, 0.3) is 11.3 Å². The predicted molar refractivity (Wildman–Crippen MR) is 136 cm³/mol. The Morgan fingerprint density at radius 3 is 2.76 bits per heavy atom. The van der Waals surface area contributed by atoms with Gasteiger partial charge in [0.2, 0.25) is 5.91 Å². The molecule has 33 heavy (non-hydrogen) atoms. The number of piperidine rings is 1. The zero-order valence-electron chi connectivity index (χ0n) is 19.6. The number of nitrogens with zero attached hydrogens (tertiary/aromatic N) is 3. The van der Waals surface area contributed by atoms with E-state index in [1.807, 2.05) is 45.2 Å². The van der Waals surface area contributed by atoms with E-state index in [0.29, 0.717) is 19.6 Å². The lowest BCUT2D eigenvalue weighted by Gasteiger charge is -2.35. The highest BCUT2D eigenvalue weighted by molar-refractivity contribution is 14.1. The first kappa shape index (κ1) is 25.5. The number of aryl methyl sites for hydroxylation is 1. The molecule has 1 saturated heterocycles. The molecule has 2 unspecified atom stereocenters. The van der Waals surface area contributed by atoms with E-state index < -0.39 is 0 Å². The largest absolute Gasteiger partial charge is 0.492 e. The molecule has 2 atom stereocenters. The van der Waals surface area contributed by atoms with Gasteiger partial charge in [0.1, 0.15) is 12.4 Å². The van der Waals surface area contributed by atoms with Crippen LogP contribution in [-0.2, 0) is 21.4 Å². The molecular weight excluding hydrogens is 535 g/mol. The number of esters is 1. The molecule has 3 rings (SSSR count). The van der Waals surface area contributed by atoms with Crippen molar-refractivity contribution in [2.75, 3.05) is 31.6 Å². The van der Waals surface area contributed by atoms with E-state index in [2.05, 4.69) is 37.9 Å². The van der Waals surface area contributed by atoms with Crippen LogP contribution < -0.4 is 10.1 Å². The number of hydrogen-bond donors (Lipinski definition) is 1. The second-order valence-corrected chi connectivity index (χ2v) is 9.58. The van der Waals surface area contributed by atoms with Crippen LogP contribution in [0.1, 0.15) is 39.5 Å². The topological polar surface area (TPSA) is 85.7 Å². The molecule has 0 radical (unpaired) electrons. The fraction of sp³-hybridized carbons (Fsp3) is 0.542. The standard InChI is InChI=1S/C24H33IN4O4/c1-4-6-23(30)27-18-7-8-21(19(16-18)20-9-11-26-28(20)3)33-14-13-29-12-10-17(15-22(29)25)24(31)32-5-2/h7-9,11,16-17,22H,4-6,10,12-15H2,1-3H3,(H,27,30). The van der Waals surface area contributed by atoms with Crippen molar-refractivity contribution in [1.29, 1.82) is 0 Å². The fourth-order valence-corrected chi connectivity index (χ4v) is 5.16. The normalized spacial score (nSPS) is 18.7. The molecule has 1 N–H and O–H groups in total. The van der Waals surface area contributed by atoms with Gasteiger partial charge in [-0.25, -0.2) is 0 Å². The number of likely N-dealkylation sites (tertiary alicyclic amines) is 1. The molecule has 1 aromatic heterocycles. The summed E-state index contributed by atoms with van der Waals surface area (Å²) in [5.41, 5.74) is 2.54. The lowest BCUT2D eigenvalue weighted by molar-refractivity contribution is -0.149. The summed E-state index contributed by atoms with van der Waals surface area (Å²) in [6.45, 7) is 6.39. The summed E-state index contributed by atoms with van der Waals surface area (Å²) in [6.07, 6.45) is 4.65. The monoisotopic (exact) mass is 568 g/mol. The van der Waals surface area contributed by atoms with Gasteiger partial charge < -0.3 is 14.8 Å². The molecule has 1 amide bonds. The van der Waals surface area contributed by atoms with Crippen LogP contribution in [0, 0.1) is 5.92 Å². The maximum atomic E-state index is 12.1. The highest BCUT2D eigenvalue weighted by Gasteiger charge is 2.31. The molecule has 2 heterocycles. The van der Waals surface area contributed by atoms with E-state index >= 15 is 0 Å². The highest BCUT2D eigenvalue weighted by atomic mass is 127. The summed E-state index contributed by atoms with van der Waals surface area (Å²) in [5.74, 6) is 0.651. The average molecular weight is 568 g/mol. The minimum Gasteiger partial charge on any atom is -0.492 e. The maximum Gasteiger partial charge on any atom is 0.309 e. The van der Waals surface area contributed by atoms with Crippen LogP contribution in [0.3, 0.4) is 0 Å². The summed E-state index contributed by atoms with van der Waals surface area (Å²) < 4.78 is 13.4. The number of carbonyl (C=O) groups excluding carboxylic acids is 2. The lowest BCUT2D eigenvalue weighted by atomic mass is 9.97. The molecule has 0 aliphatic carbocycles. The van der Waals surface area contributed by atoms with Crippen LogP contribution in [0.4, 0.5) is 5.69 Å². The third kappa shape index (κ3) is 6.92. The van der Waals surface area contributed by atoms with E-state index in [4.69, 9.17) is 9.47 Å². The summed E-state index contributed by atoms with van der Waals surface area (Å²) in [7, 11) is 1.88. The van der Waals surface area contributed by atoms with Gasteiger partial charge in [-0.3, -0.25) is 19.2 Å². The number of aromatic nitrogens is 2. The Labute approximate surface area is 209 Å². The Morgan fingerprint density at radius 1 is 1.27 bits per heavy atom. The van der Waals surface area contributed by atoms with Gasteiger partial charge in [0.05, 0.1) is 22.3 Å². The van der Waals surface area contributed by atoms with Crippen LogP contribution in [0.5, 0.6) is 5.75 Å².